The molecule has 1 N–H and O–H groups in total. The van der Waals surface area contributed by atoms with E-state index in [0.29, 0.717) is 18.2 Å². The second-order valence-corrected chi connectivity index (χ2v) is 8.59. The normalized spacial score (nSPS) is 11.0. The summed E-state index contributed by atoms with van der Waals surface area (Å²) in [7, 11) is 0. The van der Waals surface area contributed by atoms with Crippen LogP contribution in [-0.4, -0.2) is 25.4 Å². The van der Waals surface area contributed by atoms with Gasteiger partial charge in [-0.05, 0) is 31.2 Å². The topological polar surface area (TPSA) is 72.7 Å². The van der Waals surface area contributed by atoms with Crippen LogP contribution in [0, 0.1) is 6.92 Å². The highest BCUT2D eigenvalue weighted by Gasteiger charge is 2.19. The number of nitrogens with zero attached hydrogens (tertiary/aromatic N) is 4. The molecule has 0 saturated carbocycles. The third-order valence-corrected chi connectivity index (χ3v) is 6.25. The maximum absolute atomic E-state index is 13.2. The van der Waals surface area contributed by atoms with Crippen molar-refractivity contribution in [1.29, 1.82) is 0 Å². The van der Waals surface area contributed by atoms with Gasteiger partial charge < -0.3 is 4.57 Å². The van der Waals surface area contributed by atoms with Crippen LogP contribution in [0.5, 0.6) is 0 Å². The summed E-state index contributed by atoms with van der Waals surface area (Å²) in [4.78, 5) is 27.7. The Morgan fingerprint density at radius 3 is 2.56 bits per heavy atom. The first-order valence-corrected chi connectivity index (χ1v) is 11.2. The molecule has 0 spiro atoms. The number of fused-ring (bicyclic) bond motifs is 1. The number of anilines is 1. The molecule has 0 aliphatic rings. The zero-order chi connectivity index (χ0) is 21.9. The minimum atomic E-state index is -0.254. The number of aryl methyl sites for hydroxylation is 3. The molecule has 158 valence electrons. The predicted molar refractivity (Wildman–Crippen MR) is 128 cm³/mol. The fourth-order valence-corrected chi connectivity index (χ4v) is 4.56. The largest absolute Gasteiger partial charge is 0.310 e. The summed E-state index contributed by atoms with van der Waals surface area (Å²) >= 11 is 1.52. The summed E-state index contributed by atoms with van der Waals surface area (Å²) in [5.74, 6) is 0.260. The number of para-hydroxylation sites is 2. The average Bonchev–Trinajstić information content (AvgIpc) is 3.39. The SMILES string of the molecule is Cc1sc(-c2ccccc2)nc1C(=O)Nc1nc2ccccc2n1CCc1ccccn1. The van der Waals surface area contributed by atoms with Crippen LogP contribution in [0.25, 0.3) is 21.6 Å². The molecular formula is C25H21N5OS. The second kappa shape index (κ2) is 8.72. The van der Waals surface area contributed by atoms with Crippen molar-refractivity contribution >= 4 is 34.2 Å². The molecule has 2 aromatic carbocycles. The second-order valence-electron chi connectivity index (χ2n) is 7.39. The Hall–Kier alpha value is -3.84. The molecule has 5 aromatic rings. The molecule has 0 fully saturated rings. The molecule has 0 unspecified atom stereocenters. The minimum absolute atomic E-state index is 0.254. The quantitative estimate of drug-likeness (QED) is 0.387. The van der Waals surface area contributed by atoms with Gasteiger partial charge in [0.05, 0.1) is 11.0 Å². The molecule has 6 nitrogen and oxygen atoms in total. The molecule has 3 aromatic heterocycles. The van der Waals surface area contributed by atoms with Crippen LogP contribution in [0.2, 0.25) is 0 Å². The number of rotatable bonds is 6. The standard InChI is InChI=1S/C25H21N5OS/c1-17-22(28-24(32-17)18-9-3-2-4-10-18)23(31)29-25-27-20-12-5-6-13-21(20)30(25)16-14-19-11-7-8-15-26-19/h2-13,15H,14,16H2,1H3,(H,27,29,31). The Kier molecular flexibility index (Phi) is 5.47. The number of carbonyl (C=O) groups excluding carboxylic acids is 1. The van der Waals surface area contributed by atoms with E-state index in [0.717, 1.165) is 38.6 Å². The van der Waals surface area contributed by atoms with Crippen LogP contribution in [0.1, 0.15) is 21.1 Å². The van der Waals surface area contributed by atoms with E-state index in [1.807, 2.05) is 84.3 Å². The van der Waals surface area contributed by atoms with Gasteiger partial charge in [0.15, 0.2) is 0 Å². The smallest absolute Gasteiger partial charge is 0.277 e. The Morgan fingerprint density at radius 1 is 0.969 bits per heavy atom. The van der Waals surface area contributed by atoms with E-state index in [9.17, 15) is 4.79 Å². The van der Waals surface area contributed by atoms with Crippen LogP contribution in [0.15, 0.2) is 79.0 Å². The number of hydrogen-bond donors (Lipinski definition) is 1. The van der Waals surface area contributed by atoms with Gasteiger partial charge in [0.1, 0.15) is 10.7 Å². The summed E-state index contributed by atoms with van der Waals surface area (Å²) < 4.78 is 2.03. The lowest BCUT2D eigenvalue weighted by Crippen LogP contribution is -2.18. The van der Waals surface area contributed by atoms with E-state index in [1.54, 1.807) is 6.20 Å². The van der Waals surface area contributed by atoms with E-state index < -0.39 is 0 Å². The molecule has 0 radical (unpaired) electrons. The minimum Gasteiger partial charge on any atom is -0.310 e. The Labute approximate surface area is 189 Å². The van der Waals surface area contributed by atoms with Gasteiger partial charge in [0, 0.05) is 35.3 Å². The number of imidazole rings is 1. The number of amides is 1. The Balaban J connectivity index is 1.44. The van der Waals surface area contributed by atoms with Crippen molar-refractivity contribution < 1.29 is 4.79 Å². The molecule has 32 heavy (non-hydrogen) atoms. The Morgan fingerprint density at radius 2 is 1.75 bits per heavy atom. The third kappa shape index (κ3) is 4.02. The van der Waals surface area contributed by atoms with Gasteiger partial charge in [0.2, 0.25) is 5.95 Å². The molecule has 0 saturated heterocycles. The zero-order valence-corrected chi connectivity index (χ0v) is 18.3. The first-order valence-electron chi connectivity index (χ1n) is 10.4. The van der Waals surface area contributed by atoms with Crippen molar-refractivity contribution in [2.45, 2.75) is 19.9 Å². The monoisotopic (exact) mass is 439 g/mol. The van der Waals surface area contributed by atoms with Crippen molar-refractivity contribution in [3.05, 3.63) is 95.3 Å². The Bertz CT molecular complexity index is 1380. The number of carbonyl (C=O) groups is 1. The van der Waals surface area contributed by atoms with E-state index >= 15 is 0 Å². The molecule has 0 bridgehead atoms. The molecule has 5 rings (SSSR count). The van der Waals surface area contributed by atoms with Crippen LogP contribution < -0.4 is 5.32 Å². The first kappa shape index (κ1) is 20.1. The molecule has 0 atom stereocenters. The van der Waals surface area contributed by atoms with Crippen molar-refractivity contribution in [3.8, 4) is 10.6 Å². The molecule has 0 aliphatic carbocycles. The number of hydrogen-bond acceptors (Lipinski definition) is 5. The summed E-state index contributed by atoms with van der Waals surface area (Å²) in [6.45, 7) is 2.57. The summed E-state index contributed by atoms with van der Waals surface area (Å²) in [5.41, 5.74) is 4.23. The van der Waals surface area contributed by atoms with E-state index in [-0.39, 0.29) is 5.91 Å². The number of aromatic nitrogens is 4. The van der Waals surface area contributed by atoms with Crippen molar-refractivity contribution in [1.82, 2.24) is 19.5 Å². The first-order chi connectivity index (χ1) is 15.7. The molecule has 7 heteroatoms. The van der Waals surface area contributed by atoms with Gasteiger partial charge >= 0.3 is 0 Å². The van der Waals surface area contributed by atoms with E-state index in [2.05, 4.69) is 20.3 Å². The van der Waals surface area contributed by atoms with Crippen LogP contribution >= 0.6 is 11.3 Å². The number of thiazole rings is 1. The molecule has 1 amide bonds. The van der Waals surface area contributed by atoms with Crippen LogP contribution in [-0.2, 0) is 13.0 Å². The number of benzene rings is 2. The fourth-order valence-electron chi connectivity index (χ4n) is 3.64. The van der Waals surface area contributed by atoms with Gasteiger partial charge in [-0.3, -0.25) is 15.1 Å². The van der Waals surface area contributed by atoms with Crippen LogP contribution in [0.4, 0.5) is 5.95 Å². The molecule has 0 aliphatic heterocycles. The highest BCUT2D eigenvalue weighted by molar-refractivity contribution is 7.15. The lowest BCUT2D eigenvalue weighted by atomic mass is 10.2. The average molecular weight is 440 g/mol. The highest BCUT2D eigenvalue weighted by atomic mass is 32.1. The molecule has 3 heterocycles. The van der Waals surface area contributed by atoms with Crippen molar-refractivity contribution in [2.75, 3.05) is 5.32 Å². The summed E-state index contributed by atoms with van der Waals surface area (Å²) in [5, 5.41) is 3.83. The van der Waals surface area contributed by atoms with Gasteiger partial charge in [-0.1, -0.05) is 48.5 Å². The van der Waals surface area contributed by atoms with Gasteiger partial charge in [-0.15, -0.1) is 11.3 Å². The lowest BCUT2D eigenvalue weighted by Gasteiger charge is -2.09. The molecular weight excluding hydrogens is 418 g/mol. The predicted octanol–water partition coefficient (Wildman–Crippen LogP) is 5.36. The highest BCUT2D eigenvalue weighted by Crippen LogP contribution is 2.28. The van der Waals surface area contributed by atoms with Crippen molar-refractivity contribution in [3.63, 3.8) is 0 Å². The number of pyridine rings is 1. The summed E-state index contributed by atoms with van der Waals surface area (Å²) in [6.07, 6.45) is 2.53. The van der Waals surface area contributed by atoms with Gasteiger partial charge in [0.25, 0.3) is 5.91 Å². The number of nitrogens with one attached hydrogen (secondary N) is 1. The van der Waals surface area contributed by atoms with Crippen molar-refractivity contribution in [2.24, 2.45) is 0 Å². The van der Waals surface area contributed by atoms with Crippen LogP contribution in [0.3, 0.4) is 0 Å². The van der Waals surface area contributed by atoms with E-state index in [1.165, 1.54) is 11.3 Å². The third-order valence-electron chi connectivity index (χ3n) is 5.23. The lowest BCUT2D eigenvalue weighted by molar-refractivity contribution is 0.102. The summed E-state index contributed by atoms with van der Waals surface area (Å²) in [6, 6.07) is 23.7. The zero-order valence-electron chi connectivity index (χ0n) is 17.5. The van der Waals surface area contributed by atoms with Gasteiger partial charge in [-0.25, -0.2) is 9.97 Å². The maximum Gasteiger partial charge on any atom is 0.277 e. The fraction of sp³-hybridized carbons (Fsp3) is 0.120. The van der Waals surface area contributed by atoms with E-state index in [4.69, 9.17) is 0 Å². The maximum atomic E-state index is 13.2. The van der Waals surface area contributed by atoms with Gasteiger partial charge in [-0.2, -0.15) is 0 Å².